The highest BCUT2D eigenvalue weighted by molar-refractivity contribution is 7.98. The summed E-state index contributed by atoms with van der Waals surface area (Å²) in [6.07, 6.45) is 3.63. The second-order valence-corrected chi connectivity index (χ2v) is 8.07. The fourth-order valence-corrected chi connectivity index (χ4v) is 4.26. The number of amides is 1. The molecule has 0 atom stereocenters. The lowest BCUT2D eigenvalue weighted by atomic mass is 10.1. The first-order valence-corrected chi connectivity index (χ1v) is 10.8. The molecule has 6 heteroatoms. The number of hydrogen-bond donors (Lipinski definition) is 0. The molecular weight excluding hydrogens is 380 g/mol. The van der Waals surface area contributed by atoms with Crippen LogP contribution in [-0.4, -0.2) is 47.0 Å². The molecule has 1 aliphatic rings. The maximum absolute atomic E-state index is 12.9. The summed E-state index contributed by atoms with van der Waals surface area (Å²) in [7, 11) is 0. The molecule has 1 fully saturated rings. The van der Waals surface area contributed by atoms with E-state index in [1.54, 1.807) is 18.0 Å². The van der Waals surface area contributed by atoms with Crippen molar-refractivity contribution in [1.29, 1.82) is 0 Å². The maximum atomic E-state index is 12.9. The molecule has 0 unspecified atom stereocenters. The van der Waals surface area contributed by atoms with Crippen LogP contribution in [-0.2, 0) is 5.75 Å². The number of benzene rings is 1. The molecule has 1 aromatic carbocycles. The minimum atomic E-state index is 0.103. The van der Waals surface area contributed by atoms with Gasteiger partial charge in [0.1, 0.15) is 5.82 Å². The first-order valence-electron chi connectivity index (χ1n) is 9.79. The molecule has 1 aliphatic heterocycles. The Balaban J connectivity index is 1.32. The van der Waals surface area contributed by atoms with Gasteiger partial charge in [-0.25, -0.2) is 9.97 Å². The number of aromatic nitrogens is 2. The Bertz CT molecular complexity index is 954. The molecule has 1 saturated heterocycles. The third kappa shape index (κ3) is 4.77. The van der Waals surface area contributed by atoms with Crippen molar-refractivity contribution in [2.24, 2.45) is 0 Å². The molecule has 0 radical (unpaired) electrons. The average molecular weight is 405 g/mol. The SMILES string of the molecule is Cc1cccnc1N1CCN(C(=O)c2ccc(CSc3ccccn3)cc2)CC1. The van der Waals surface area contributed by atoms with Crippen LogP contribution in [0.4, 0.5) is 5.82 Å². The Morgan fingerprint density at radius 1 is 0.931 bits per heavy atom. The minimum Gasteiger partial charge on any atom is -0.353 e. The Hall–Kier alpha value is -2.86. The highest BCUT2D eigenvalue weighted by Crippen LogP contribution is 2.22. The summed E-state index contributed by atoms with van der Waals surface area (Å²) in [6.45, 7) is 5.12. The molecule has 0 spiro atoms. The number of piperazine rings is 1. The highest BCUT2D eigenvalue weighted by atomic mass is 32.2. The molecule has 0 N–H and O–H groups in total. The molecule has 3 heterocycles. The topological polar surface area (TPSA) is 49.3 Å². The monoisotopic (exact) mass is 404 g/mol. The van der Waals surface area contributed by atoms with Crippen LogP contribution in [0.2, 0.25) is 0 Å². The Labute approximate surface area is 175 Å². The lowest BCUT2D eigenvalue weighted by molar-refractivity contribution is 0.0746. The lowest BCUT2D eigenvalue weighted by Gasteiger charge is -2.36. The fraction of sp³-hybridized carbons (Fsp3) is 0.261. The molecule has 29 heavy (non-hydrogen) atoms. The summed E-state index contributed by atoms with van der Waals surface area (Å²) in [6, 6.07) is 17.9. The number of rotatable bonds is 5. The molecule has 0 saturated carbocycles. The van der Waals surface area contributed by atoms with E-state index in [-0.39, 0.29) is 5.91 Å². The molecule has 2 aromatic heterocycles. The van der Waals surface area contributed by atoms with Crippen molar-refractivity contribution < 1.29 is 4.79 Å². The van der Waals surface area contributed by atoms with E-state index < -0.39 is 0 Å². The number of pyridine rings is 2. The summed E-state index contributed by atoms with van der Waals surface area (Å²) < 4.78 is 0. The van der Waals surface area contributed by atoms with Gasteiger partial charge in [-0.05, 0) is 48.4 Å². The minimum absolute atomic E-state index is 0.103. The van der Waals surface area contributed by atoms with Gasteiger partial charge in [-0.15, -0.1) is 11.8 Å². The molecule has 4 rings (SSSR count). The zero-order valence-corrected chi connectivity index (χ0v) is 17.3. The van der Waals surface area contributed by atoms with Crippen molar-refractivity contribution in [2.45, 2.75) is 17.7 Å². The molecule has 0 aliphatic carbocycles. The van der Waals surface area contributed by atoms with Gasteiger partial charge in [0.15, 0.2) is 0 Å². The highest BCUT2D eigenvalue weighted by Gasteiger charge is 2.23. The Kier molecular flexibility index (Phi) is 6.10. The van der Waals surface area contributed by atoms with Crippen LogP contribution in [0.25, 0.3) is 0 Å². The van der Waals surface area contributed by atoms with Crippen molar-refractivity contribution in [3.8, 4) is 0 Å². The van der Waals surface area contributed by atoms with E-state index in [1.807, 2.05) is 59.6 Å². The Morgan fingerprint density at radius 3 is 2.38 bits per heavy atom. The number of carbonyl (C=O) groups is 1. The number of hydrogen-bond acceptors (Lipinski definition) is 5. The average Bonchev–Trinajstić information content (AvgIpc) is 2.79. The van der Waals surface area contributed by atoms with Gasteiger partial charge in [0.2, 0.25) is 0 Å². The zero-order valence-electron chi connectivity index (χ0n) is 16.5. The van der Waals surface area contributed by atoms with Gasteiger partial charge in [0.05, 0.1) is 5.03 Å². The fourth-order valence-electron chi connectivity index (χ4n) is 3.45. The van der Waals surface area contributed by atoms with Gasteiger partial charge in [-0.3, -0.25) is 4.79 Å². The van der Waals surface area contributed by atoms with Crippen LogP contribution in [0.3, 0.4) is 0 Å². The van der Waals surface area contributed by atoms with Gasteiger partial charge in [0.25, 0.3) is 5.91 Å². The lowest BCUT2D eigenvalue weighted by Crippen LogP contribution is -2.49. The van der Waals surface area contributed by atoms with E-state index in [0.29, 0.717) is 13.1 Å². The molecule has 5 nitrogen and oxygen atoms in total. The van der Waals surface area contributed by atoms with E-state index in [0.717, 1.165) is 35.2 Å². The normalized spacial score (nSPS) is 14.1. The third-order valence-electron chi connectivity index (χ3n) is 5.07. The van der Waals surface area contributed by atoms with Gasteiger partial charge in [-0.2, -0.15) is 0 Å². The van der Waals surface area contributed by atoms with E-state index in [2.05, 4.69) is 27.9 Å². The first kappa shape index (κ1) is 19.5. The third-order valence-corrected chi connectivity index (χ3v) is 6.09. The molecule has 1 amide bonds. The summed E-state index contributed by atoms with van der Waals surface area (Å²) in [5.74, 6) is 1.97. The van der Waals surface area contributed by atoms with Crippen LogP contribution in [0.1, 0.15) is 21.5 Å². The van der Waals surface area contributed by atoms with Crippen molar-refractivity contribution in [3.05, 3.63) is 83.7 Å². The molecular formula is C23H24N4OS. The quantitative estimate of drug-likeness (QED) is 0.601. The smallest absolute Gasteiger partial charge is 0.253 e. The number of nitrogens with zero attached hydrogens (tertiary/aromatic N) is 4. The molecule has 148 valence electrons. The number of anilines is 1. The number of thioether (sulfide) groups is 1. The van der Waals surface area contributed by atoms with E-state index in [9.17, 15) is 4.79 Å². The van der Waals surface area contributed by atoms with Crippen molar-refractivity contribution in [1.82, 2.24) is 14.9 Å². The first-order chi connectivity index (χ1) is 14.2. The van der Waals surface area contributed by atoms with Gasteiger partial charge >= 0.3 is 0 Å². The van der Waals surface area contributed by atoms with Crippen LogP contribution >= 0.6 is 11.8 Å². The predicted octanol–water partition coefficient (Wildman–Crippen LogP) is 4.04. The zero-order chi connectivity index (χ0) is 20.1. The summed E-state index contributed by atoms with van der Waals surface area (Å²) >= 11 is 1.70. The second kappa shape index (κ2) is 9.09. The maximum Gasteiger partial charge on any atom is 0.253 e. The van der Waals surface area contributed by atoms with E-state index >= 15 is 0 Å². The van der Waals surface area contributed by atoms with Crippen molar-refractivity contribution in [3.63, 3.8) is 0 Å². The summed E-state index contributed by atoms with van der Waals surface area (Å²) in [5.41, 5.74) is 3.11. The molecule has 3 aromatic rings. The van der Waals surface area contributed by atoms with Crippen molar-refractivity contribution in [2.75, 3.05) is 31.1 Å². The van der Waals surface area contributed by atoms with Crippen LogP contribution in [0, 0.1) is 6.92 Å². The Morgan fingerprint density at radius 2 is 1.69 bits per heavy atom. The van der Waals surface area contributed by atoms with Gasteiger partial charge in [0, 0.05) is 49.9 Å². The predicted molar refractivity (Wildman–Crippen MR) is 117 cm³/mol. The van der Waals surface area contributed by atoms with Crippen LogP contribution in [0.15, 0.2) is 72.0 Å². The summed E-state index contributed by atoms with van der Waals surface area (Å²) in [4.78, 5) is 25.9. The second-order valence-electron chi connectivity index (χ2n) is 7.08. The van der Waals surface area contributed by atoms with E-state index in [4.69, 9.17) is 0 Å². The van der Waals surface area contributed by atoms with Crippen molar-refractivity contribution >= 4 is 23.5 Å². The van der Waals surface area contributed by atoms with Crippen LogP contribution < -0.4 is 4.90 Å². The number of carbonyl (C=O) groups excluding carboxylic acids is 1. The largest absolute Gasteiger partial charge is 0.353 e. The van der Waals surface area contributed by atoms with E-state index in [1.165, 1.54) is 11.1 Å². The standard InChI is InChI=1S/C23H24N4OS/c1-18-5-4-12-25-22(18)26-13-15-27(16-14-26)23(28)20-9-7-19(8-10-20)17-29-21-6-2-3-11-24-21/h2-12H,13-17H2,1H3. The summed E-state index contributed by atoms with van der Waals surface area (Å²) in [5, 5.41) is 1.01. The van der Waals surface area contributed by atoms with Crippen LogP contribution in [0.5, 0.6) is 0 Å². The number of aryl methyl sites for hydroxylation is 1. The van der Waals surface area contributed by atoms with Gasteiger partial charge in [-0.1, -0.05) is 24.3 Å². The molecule has 0 bridgehead atoms. The van der Waals surface area contributed by atoms with Gasteiger partial charge < -0.3 is 9.80 Å².